The second kappa shape index (κ2) is 24.1. The number of carbonyl (C=O) groups excluding carboxylic acids is 1. The van der Waals surface area contributed by atoms with Crippen LogP contribution in [0.3, 0.4) is 0 Å². The van der Waals surface area contributed by atoms with Gasteiger partial charge in [0, 0.05) is 55.6 Å². The normalized spacial score (nSPS) is 23.0. The molecule has 2 aliphatic heterocycles. The SMILES string of the molecule is C.CC1(S(=O)(=O)NC(=O)C2CCC(OC3CCN(c4ccc(-c5nc6ccc(F)cc6[nH]5)cn4)CC3)CC2)CC1.CC1(S(N)(=O)=O)CC1.O=C(O)C1CCC(OC2CCN(c3ccc(-c4nc5ccc(F)cc5[nH]4)cn3)CC2)CC1. The lowest BCUT2D eigenvalue weighted by Crippen LogP contribution is -2.43. The maximum atomic E-state index is 13.5. The van der Waals surface area contributed by atoms with Gasteiger partial charge in [0.2, 0.25) is 26.0 Å². The number of pyridine rings is 2. The lowest BCUT2D eigenvalue weighted by atomic mass is 9.87. The third kappa shape index (κ3) is 13.9. The zero-order valence-electron chi connectivity index (χ0n) is 44.6. The quantitative estimate of drug-likeness (QED) is 0.0721. The van der Waals surface area contributed by atoms with E-state index in [1.54, 1.807) is 38.4 Å². The van der Waals surface area contributed by atoms with Crippen molar-refractivity contribution >= 4 is 65.6 Å². The van der Waals surface area contributed by atoms with Crippen molar-refractivity contribution < 1.29 is 49.8 Å². The van der Waals surface area contributed by atoms with Gasteiger partial charge in [-0.15, -0.1) is 0 Å². The number of aromatic nitrogens is 6. The van der Waals surface area contributed by atoms with Crippen LogP contribution in [0.15, 0.2) is 73.1 Å². The number of carbonyl (C=O) groups is 2. The van der Waals surface area contributed by atoms with Crippen LogP contribution in [-0.2, 0) is 39.1 Å². The van der Waals surface area contributed by atoms with Crippen LogP contribution >= 0.6 is 0 Å². The Morgan fingerprint density at radius 3 is 1.36 bits per heavy atom. The van der Waals surface area contributed by atoms with E-state index in [-0.39, 0.29) is 61.2 Å². The molecule has 80 heavy (non-hydrogen) atoms. The number of piperidine rings is 2. The van der Waals surface area contributed by atoms with Gasteiger partial charge in [-0.3, -0.25) is 14.3 Å². The third-order valence-corrected chi connectivity index (χ3v) is 20.7. The van der Waals surface area contributed by atoms with Gasteiger partial charge in [0.05, 0.1) is 61.9 Å². The molecule has 0 unspecified atom stereocenters. The molecule has 2 saturated heterocycles. The number of ether oxygens (including phenoxy) is 2. The van der Waals surface area contributed by atoms with Crippen LogP contribution in [0.2, 0.25) is 0 Å². The number of halogens is 2. The van der Waals surface area contributed by atoms with Gasteiger partial charge in [0.25, 0.3) is 0 Å². The predicted octanol–water partition coefficient (Wildman–Crippen LogP) is 9.16. The summed E-state index contributed by atoms with van der Waals surface area (Å²) in [5.74, 6) is 1.07. The van der Waals surface area contributed by atoms with Crippen molar-refractivity contribution in [1.29, 1.82) is 0 Å². The summed E-state index contributed by atoms with van der Waals surface area (Å²) in [6.45, 7) is 6.81. The Hall–Kier alpha value is -6.14. The van der Waals surface area contributed by atoms with Crippen LogP contribution in [0.25, 0.3) is 44.8 Å². The molecule has 6 heterocycles. The highest BCUT2D eigenvalue weighted by Gasteiger charge is 2.51. The lowest BCUT2D eigenvalue weighted by Gasteiger charge is -2.36. The van der Waals surface area contributed by atoms with Crippen molar-refractivity contribution in [3.63, 3.8) is 0 Å². The molecular weight excluding hydrogens is 1070 g/mol. The highest BCUT2D eigenvalue weighted by molar-refractivity contribution is 7.91. The number of anilines is 2. The van der Waals surface area contributed by atoms with Crippen LogP contribution in [0.5, 0.6) is 0 Å². The smallest absolute Gasteiger partial charge is 0.306 e. The summed E-state index contributed by atoms with van der Waals surface area (Å²) in [4.78, 5) is 52.8. The predicted molar refractivity (Wildman–Crippen MR) is 303 cm³/mol. The van der Waals surface area contributed by atoms with Crippen LogP contribution in [0.1, 0.15) is 124 Å². The van der Waals surface area contributed by atoms with Gasteiger partial charge in [-0.05, 0) is 177 Å². The minimum Gasteiger partial charge on any atom is -0.481 e. The Bertz CT molecular complexity index is 3340. The summed E-state index contributed by atoms with van der Waals surface area (Å²) in [6.07, 6.45) is 16.6. The van der Waals surface area contributed by atoms with Crippen molar-refractivity contribution in [3.05, 3.63) is 84.7 Å². The summed E-state index contributed by atoms with van der Waals surface area (Å²) in [5.41, 5.74) is 4.47. The molecule has 4 aromatic heterocycles. The molecule has 12 rings (SSSR count). The first kappa shape index (κ1) is 58.5. The van der Waals surface area contributed by atoms with E-state index >= 15 is 0 Å². The zero-order valence-corrected chi connectivity index (χ0v) is 46.2. The largest absolute Gasteiger partial charge is 0.481 e. The number of amides is 1. The van der Waals surface area contributed by atoms with Gasteiger partial charge in [0.15, 0.2) is 0 Å². The van der Waals surface area contributed by atoms with Crippen LogP contribution < -0.4 is 19.7 Å². The van der Waals surface area contributed by atoms with Gasteiger partial charge < -0.3 is 34.3 Å². The lowest BCUT2D eigenvalue weighted by molar-refractivity contribution is -0.144. The molecule has 6 fully saturated rings. The first-order valence-electron chi connectivity index (χ1n) is 27.6. The highest BCUT2D eigenvalue weighted by atomic mass is 32.2. The molecule has 0 radical (unpaired) electrons. The van der Waals surface area contributed by atoms with Crippen molar-refractivity contribution in [2.24, 2.45) is 17.0 Å². The van der Waals surface area contributed by atoms with Crippen LogP contribution in [0, 0.1) is 23.5 Å². The van der Waals surface area contributed by atoms with Gasteiger partial charge in [-0.25, -0.2) is 50.7 Å². The number of carboxylic acid groups (broad SMARTS) is 1. The first-order valence-corrected chi connectivity index (χ1v) is 30.6. The number of H-pyrrole nitrogens is 2. The van der Waals surface area contributed by atoms with E-state index in [1.807, 2.05) is 24.3 Å². The fourth-order valence-corrected chi connectivity index (χ4v) is 12.8. The number of nitrogens with zero attached hydrogens (tertiary/aromatic N) is 6. The topological polar surface area (TPSA) is 269 Å². The maximum absolute atomic E-state index is 13.5. The van der Waals surface area contributed by atoms with E-state index in [4.69, 9.17) is 19.7 Å². The van der Waals surface area contributed by atoms with Crippen LogP contribution in [-0.4, -0.2) is 124 Å². The number of benzene rings is 2. The number of hydrogen-bond acceptors (Lipinski definition) is 14. The van der Waals surface area contributed by atoms with Gasteiger partial charge in [-0.2, -0.15) is 0 Å². The highest BCUT2D eigenvalue weighted by Crippen LogP contribution is 2.43. The second-order valence-corrected chi connectivity index (χ2v) is 26.9. The molecule has 23 heteroatoms. The van der Waals surface area contributed by atoms with Crippen LogP contribution in [0.4, 0.5) is 20.4 Å². The van der Waals surface area contributed by atoms with Crippen molar-refractivity contribution in [2.75, 3.05) is 36.0 Å². The number of carboxylic acids is 1. The molecule has 19 nitrogen and oxygen atoms in total. The molecule has 4 aliphatic carbocycles. The second-order valence-electron chi connectivity index (χ2n) is 22.6. The van der Waals surface area contributed by atoms with E-state index in [0.717, 1.165) is 132 Å². The molecule has 0 bridgehead atoms. The Morgan fingerprint density at radius 2 is 1.01 bits per heavy atom. The molecule has 6 N–H and O–H groups in total. The molecule has 4 saturated carbocycles. The fourth-order valence-electron chi connectivity index (χ4n) is 10.8. The molecule has 6 aliphatic rings. The fraction of sp³-hybridized carbons (Fsp3) is 0.544. The number of rotatable bonds is 13. The standard InChI is InChI=1S/C28H34FN5O4S.C24H27FN4O3.C4H9NO2S.CH4/c1-28(12-13-28)39(36,37)33-27(35)18-2-6-21(7-3-18)38-22-10-14-34(15-11-22)25-9-4-19(17-30-25)26-31-23-8-5-20(29)16-24(23)32-26;25-17-4-7-20-21(13-17)28-23(27-20)16-3-8-22(26-14-16)29-11-9-19(10-12-29)32-18-5-1-15(2-6-18)24(30)31;1-4(2-3-4)8(5,6)7;/h4-5,8-9,16-18,21-22H,2-3,6-7,10-15H2,1H3,(H,31,32)(H,33,35);3-4,7-8,13-15,18-19H,1-2,5-6,9-12H2,(H,27,28)(H,30,31);2-3H2,1H3,(H2,5,6,7);1H4. The Kier molecular flexibility index (Phi) is 17.7. The van der Waals surface area contributed by atoms with Gasteiger partial charge >= 0.3 is 5.97 Å². The Morgan fingerprint density at radius 1 is 0.613 bits per heavy atom. The van der Waals surface area contributed by atoms with Gasteiger partial charge in [0.1, 0.15) is 34.9 Å². The molecule has 2 aromatic carbocycles. The number of nitrogens with one attached hydrogen (secondary N) is 3. The van der Waals surface area contributed by atoms with E-state index < -0.39 is 35.5 Å². The summed E-state index contributed by atoms with van der Waals surface area (Å²) in [6, 6.07) is 16.9. The number of nitrogens with two attached hydrogens (primary N) is 1. The number of primary sulfonamides is 1. The number of sulfonamides is 2. The number of fused-ring (bicyclic) bond motifs is 2. The summed E-state index contributed by atoms with van der Waals surface area (Å²) in [5, 5.41) is 14.0. The van der Waals surface area contributed by atoms with Crippen molar-refractivity contribution in [1.82, 2.24) is 34.6 Å². The molecule has 0 spiro atoms. The zero-order chi connectivity index (χ0) is 55.7. The first-order chi connectivity index (χ1) is 37.7. The molecule has 432 valence electrons. The van der Waals surface area contributed by atoms with Crippen molar-refractivity contribution in [3.8, 4) is 22.8 Å². The maximum Gasteiger partial charge on any atom is 0.306 e. The van der Waals surface area contributed by atoms with Gasteiger partial charge in [-0.1, -0.05) is 7.43 Å². The minimum absolute atomic E-state index is 0. The molecule has 1 amide bonds. The van der Waals surface area contributed by atoms with Crippen molar-refractivity contribution in [2.45, 2.75) is 158 Å². The summed E-state index contributed by atoms with van der Waals surface area (Å²) >= 11 is 0. The van der Waals surface area contributed by atoms with E-state index in [2.05, 4.69) is 44.4 Å². The minimum atomic E-state index is -3.58. The van der Waals surface area contributed by atoms with E-state index in [9.17, 15) is 35.2 Å². The number of imidazole rings is 2. The Labute approximate surface area is 466 Å². The average Bonchev–Trinajstić information content (AvgIpc) is 4.29. The molecule has 0 atom stereocenters. The number of aromatic amines is 2. The number of aliphatic carboxylic acids is 1. The monoisotopic (exact) mass is 1140 g/mol. The molecular formula is C57H74F2N10O9S2. The number of hydrogen-bond donors (Lipinski definition) is 5. The summed E-state index contributed by atoms with van der Waals surface area (Å²) in [7, 11) is -6.81. The van der Waals surface area contributed by atoms with E-state index in [0.29, 0.717) is 53.9 Å². The third-order valence-electron chi connectivity index (χ3n) is 16.8. The molecule has 6 aromatic rings. The Balaban J connectivity index is 0.000000170. The average molecular weight is 1150 g/mol. The van der Waals surface area contributed by atoms with E-state index in [1.165, 1.54) is 24.3 Å². The summed E-state index contributed by atoms with van der Waals surface area (Å²) < 4.78 is 86.3.